The molecule has 0 spiro atoms. The average Bonchev–Trinajstić information content (AvgIpc) is 2.43. The highest BCUT2D eigenvalue weighted by Gasteiger charge is 2.04. The molecule has 0 radical (unpaired) electrons. The number of benzene rings is 1. The lowest BCUT2D eigenvalue weighted by Gasteiger charge is -2.16. The van der Waals surface area contributed by atoms with E-state index in [4.69, 9.17) is 0 Å². The summed E-state index contributed by atoms with van der Waals surface area (Å²) in [5.41, 5.74) is 2.67. The molecule has 1 aromatic carbocycles. The molecule has 21 heavy (non-hydrogen) atoms. The quantitative estimate of drug-likeness (QED) is 0.598. The third-order valence-electron chi connectivity index (χ3n) is 3.29. The number of hydrogen-bond acceptors (Lipinski definition) is 2. The van der Waals surface area contributed by atoms with Gasteiger partial charge < -0.3 is 15.5 Å². The molecular weight excluding hydrogens is 260 g/mol. The summed E-state index contributed by atoms with van der Waals surface area (Å²) in [6.07, 6.45) is 1.15. The van der Waals surface area contributed by atoms with Crippen molar-refractivity contribution in [2.45, 2.75) is 33.4 Å². The minimum Gasteiger partial charge on any atom is -0.356 e. The average molecular weight is 290 g/mol. The first-order valence-electron chi connectivity index (χ1n) is 7.69. The Morgan fingerprint density at radius 1 is 1.14 bits per heavy atom. The third kappa shape index (κ3) is 7.14. The second-order valence-electron chi connectivity index (χ2n) is 6.04. The van der Waals surface area contributed by atoms with Gasteiger partial charge in [0, 0.05) is 26.7 Å². The predicted octanol–water partition coefficient (Wildman–Crippen LogP) is 2.46. The first kappa shape index (κ1) is 17.5. The number of guanidine groups is 1. The van der Waals surface area contributed by atoms with Gasteiger partial charge in [0.05, 0.1) is 0 Å². The summed E-state index contributed by atoms with van der Waals surface area (Å²) in [6.45, 7) is 7.17. The van der Waals surface area contributed by atoms with E-state index in [0.717, 1.165) is 32.0 Å². The highest BCUT2D eigenvalue weighted by atomic mass is 15.2. The van der Waals surface area contributed by atoms with Crippen LogP contribution in [0.4, 0.5) is 0 Å². The number of aliphatic imine (C=N–C) groups is 1. The van der Waals surface area contributed by atoms with Crippen molar-refractivity contribution < 1.29 is 0 Å². The van der Waals surface area contributed by atoms with E-state index in [0.29, 0.717) is 5.92 Å². The fourth-order valence-electron chi connectivity index (χ4n) is 2.10. The van der Waals surface area contributed by atoms with E-state index in [1.54, 1.807) is 0 Å². The van der Waals surface area contributed by atoms with Crippen LogP contribution in [0.2, 0.25) is 0 Å². The molecule has 0 heterocycles. The summed E-state index contributed by atoms with van der Waals surface area (Å²) in [7, 11) is 6.00. The molecule has 0 bridgehead atoms. The fraction of sp³-hybridized carbons (Fsp3) is 0.588. The number of nitrogens with zero attached hydrogens (tertiary/aromatic N) is 2. The van der Waals surface area contributed by atoms with Gasteiger partial charge >= 0.3 is 0 Å². The van der Waals surface area contributed by atoms with Gasteiger partial charge in [-0.2, -0.15) is 0 Å². The Morgan fingerprint density at radius 2 is 1.81 bits per heavy atom. The van der Waals surface area contributed by atoms with Crippen molar-refractivity contribution >= 4 is 5.96 Å². The number of hydrogen-bond donors (Lipinski definition) is 2. The molecule has 0 aromatic heterocycles. The summed E-state index contributed by atoms with van der Waals surface area (Å²) in [5.74, 6) is 1.58. The first-order chi connectivity index (χ1) is 10.0. The number of nitrogens with one attached hydrogen (secondary N) is 2. The van der Waals surface area contributed by atoms with Crippen molar-refractivity contribution in [3.63, 3.8) is 0 Å². The van der Waals surface area contributed by atoms with E-state index in [-0.39, 0.29) is 0 Å². The van der Waals surface area contributed by atoms with Crippen LogP contribution in [0.5, 0.6) is 0 Å². The monoisotopic (exact) mass is 290 g/mol. The summed E-state index contributed by atoms with van der Waals surface area (Å²) >= 11 is 0. The normalized spacial score (nSPS) is 12.0. The van der Waals surface area contributed by atoms with Crippen LogP contribution in [-0.2, 0) is 13.1 Å². The van der Waals surface area contributed by atoms with Gasteiger partial charge in [-0.3, -0.25) is 4.99 Å². The SMILES string of the molecule is CN=C(NCCC(C)C)NCc1ccccc1CN(C)C. The molecule has 0 saturated carbocycles. The molecule has 1 rings (SSSR count). The molecule has 0 unspecified atom stereocenters. The van der Waals surface area contributed by atoms with Gasteiger partial charge in [-0.05, 0) is 37.6 Å². The third-order valence-corrected chi connectivity index (χ3v) is 3.29. The Balaban J connectivity index is 2.53. The van der Waals surface area contributed by atoms with Crippen LogP contribution in [-0.4, -0.2) is 38.5 Å². The second-order valence-corrected chi connectivity index (χ2v) is 6.04. The Kier molecular flexibility index (Phi) is 7.83. The molecule has 0 aliphatic carbocycles. The van der Waals surface area contributed by atoms with E-state index < -0.39 is 0 Å². The molecule has 2 N–H and O–H groups in total. The summed E-state index contributed by atoms with van der Waals surface area (Å²) in [5, 5.41) is 6.75. The van der Waals surface area contributed by atoms with Gasteiger partial charge in [0.2, 0.25) is 0 Å². The molecule has 0 atom stereocenters. The zero-order chi connectivity index (χ0) is 15.7. The van der Waals surface area contributed by atoms with Crippen LogP contribution >= 0.6 is 0 Å². The van der Waals surface area contributed by atoms with Crippen LogP contribution in [0, 0.1) is 5.92 Å². The first-order valence-corrected chi connectivity index (χ1v) is 7.69. The van der Waals surface area contributed by atoms with Gasteiger partial charge in [0.15, 0.2) is 5.96 Å². The molecule has 1 aromatic rings. The zero-order valence-corrected chi connectivity index (χ0v) is 14.1. The molecule has 4 heteroatoms. The largest absolute Gasteiger partial charge is 0.356 e. The van der Waals surface area contributed by atoms with Gasteiger partial charge in [0.1, 0.15) is 0 Å². The van der Waals surface area contributed by atoms with Crippen LogP contribution < -0.4 is 10.6 Å². The lowest BCUT2D eigenvalue weighted by Crippen LogP contribution is -2.37. The smallest absolute Gasteiger partial charge is 0.191 e. The maximum Gasteiger partial charge on any atom is 0.191 e. The van der Waals surface area contributed by atoms with Crippen molar-refractivity contribution in [3.05, 3.63) is 35.4 Å². The van der Waals surface area contributed by atoms with Crippen molar-refractivity contribution in [3.8, 4) is 0 Å². The van der Waals surface area contributed by atoms with Gasteiger partial charge in [0.25, 0.3) is 0 Å². The van der Waals surface area contributed by atoms with E-state index >= 15 is 0 Å². The Labute approximate surface area is 129 Å². The number of rotatable bonds is 7. The fourth-order valence-corrected chi connectivity index (χ4v) is 2.10. The maximum absolute atomic E-state index is 4.27. The van der Waals surface area contributed by atoms with Crippen LogP contribution in [0.3, 0.4) is 0 Å². The zero-order valence-electron chi connectivity index (χ0n) is 14.1. The van der Waals surface area contributed by atoms with Gasteiger partial charge in [-0.1, -0.05) is 38.1 Å². The summed E-state index contributed by atoms with van der Waals surface area (Å²) < 4.78 is 0. The molecule has 0 fully saturated rings. The van der Waals surface area contributed by atoms with E-state index in [1.807, 2.05) is 7.05 Å². The van der Waals surface area contributed by atoms with Gasteiger partial charge in [-0.25, -0.2) is 0 Å². The molecule has 0 amide bonds. The van der Waals surface area contributed by atoms with E-state index in [1.165, 1.54) is 11.1 Å². The van der Waals surface area contributed by atoms with Crippen LogP contribution in [0.1, 0.15) is 31.4 Å². The van der Waals surface area contributed by atoms with Crippen molar-refractivity contribution in [1.29, 1.82) is 0 Å². The van der Waals surface area contributed by atoms with Crippen molar-refractivity contribution in [1.82, 2.24) is 15.5 Å². The lowest BCUT2D eigenvalue weighted by molar-refractivity contribution is 0.400. The molecule has 4 nitrogen and oxygen atoms in total. The predicted molar refractivity (Wildman–Crippen MR) is 91.5 cm³/mol. The van der Waals surface area contributed by atoms with Crippen molar-refractivity contribution in [2.24, 2.45) is 10.9 Å². The highest BCUT2D eigenvalue weighted by Crippen LogP contribution is 2.10. The highest BCUT2D eigenvalue weighted by molar-refractivity contribution is 5.79. The standard InChI is InChI=1S/C17H30N4/c1-14(2)10-11-19-17(18-3)20-12-15-8-6-7-9-16(15)13-21(4)5/h6-9,14H,10-13H2,1-5H3,(H2,18,19,20). The Bertz CT molecular complexity index is 438. The lowest BCUT2D eigenvalue weighted by atomic mass is 10.1. The van der Waals surface area contributed by atoms with Crippen LogP contribution in [0.15, 0.2) is 29.3 Å². The summed E-state index contributed by atoms with van der Waals surface area (Å²) in [4.78, 5) is 6.46. The minimum absolute atomic E-state index is 0.705. The Morgan fingerprint density at radius 3 is 2.38 bits per heavy atom. The van der Waals surface area contributed by atoms with E-state index in [2.05, 4.69) is 72.7 Å². The topological polar surface area (TPSA) is 39.7 Å². The molecule has 118 valence electrons. The van der Waals surface area contributed by atoms with Gasteiger partial charge in [-0.15, -0.1) is 0 Å². The molecular formula is C17H30N4. The van der Waals surface area contributed by atoms with E-state index in [9.17, 15) is 0 Å². The Hall–Kier alpha value is -1.55. The minimum atomic E-state index is 0.705. The summed E-state index contributed by atoms with van der Waals surface area (Å²) in [6, 6.07) is 8.54. The molecule has 0 aliphatic heterocycles. The second kappa shape index (κ2) is 9.40. The maximum atomic E-state index is 4.27. The molecule has 0 saturated heterocycles. The van der Waals surface area contributed by atoms with Crippen molar-refractivity contribution in [2.75, 3.05) is 27.7 Å². The van der Waals surface area contributed by atoms with Crippen LogP contribution in [0.25, 0.3) is 0 Å². The molecule has 0 aliphatic rings.